The van der Waals surface area contributed by atoms with E-state index in [2.05, 4.69) is 10.3 Å². The normalized spacial score (nSPS) is 10.6. The zero-order chi connectivity index (χ0) is 17.1. The van der Waals surface area contributed by atoms with Crippen LogP contribution in [0, 0.1) is 0 Å². The van der Waals surface area contributed by atoms with Crippen molar-refractivity contribution in [2.75, 3.05) is 11.6 Å². The van der Waals surface area contributed by atoms with Crippen molar-refractivity contribution in [3.05, 3.63) is 64.5 Å². The average molecular weight is 379 g/mol. The molecular weight excluding hydrogens is 367 g/mol. The largest absolute Gasteiger partial charge is 0.444 e. The summed E-state index contributed by atoms with van der Waals surface area (Å²) in [4.78, 5) is 17.6. The fraction of sp³-hybridized carbons (Fsp3) is 0.0588. The number of carbonyl (C=O) groups excluding carboxylic acids is 1. The second-order valence-corrected chi connectivity index (χ2v) is 6.55. The zero-order valence-electron chi connectivity index (χ0n) is 12.5. The van der Waals surface area contributed by atoms with Crippen LogP contribution in [0.25, 0.3) is 11.5 Å². The molecule has 1 heterocycles. The van der Waals surface area contributed by atoms with Gasteiger partial charge >= 0.3 is 0 Å². The van der Waals surface area contributed by atoms with Crippen molar-refractivity contribution in [1.82, 2.24) is 4.98 Å². The molecule has 0 atom stereocenters. The number of oxazole rings is 1. The van der Waals surface area contributed by atoms with E-state index in [4.69, 9.17) is 27.6 Å². The van der Waals surface area contributed by atoms with Gasteiger partial charge in [0, 0.05) is 16.1 Å². The van der Waals surface area contributed by atoms with Crippen molar-refractivity contribution < 1.29 is 9.21 Å². The van der Waals surface area contributed by atoms with Crippen LogP contribution in [0.2, 0.25) is 10.0 Å². The molecule has 0 bridgehead atoms. The Bertz CT molecular complexity index is 896. The van der Waals surface area contributed by atoms with Gasteiger partial charge in [0.1, 0.15) is 6.26 Å². The Kier molecular flexibility index (Phi) is 5.14. The molecule has 0 saturated carbocycles. The first-order valence-corrected chi connectivity index (χ1v) is 8.91. The molecule has 0 spiro atoms. The van der Waals surface area contributed by atoms with Gasteiger partial charge in [-0.25, -0.2) is 4.98 Å². The monoisotopic (exact) mass is 378 g/mol. The van der Waals surface area contributed by atoms with Crippen LogP contribution >= 0.6 is 35.0 Å². The molecule has 24 heavy (non-hydrogen) atoms. The van der Waals surface area contributed by atoms with Gasteiger partial charge in [-0.15, -0.1) is 11.8 Å². The maximum Gasteiger partial charge on any atom is 0.277 e. The Morgan fingerprint density at radius 2 is 2.00 bits per heavy atom. The Morgan fingerprint density at radius 3 is 2.75 bits per heavy atom. The quantitative estimate of drug-likeness (QED) is 0.598. The van der Waals surface area contributed by atoms with Gasteiger partial charge in [0.15, 0.2) is 5.69 Å². The van der Waals surface area contributed by atoms with Gasteiger partial charge < -0.3 is 9.73 Å². The molecule has 3 aromatic rings. The number of halogens is 2. The summed E-state index contributed by atoms with van der Waals surface area (Å²) in [5, 5.41) is 3.64. The van der Waals surface area contributed by atoms with E-state index in [-0.39, 0.29) is 11.6 Å². The summed E-state index contributed by atoms with van der Waals surface area (Å²) in [5.74, 6) is -0.0418. The summed E-state index contributed by atoms with van der Waals surface area (Å²) >= 11 is 13.5. The highest BCUT2D eigenvalue weighted by atomic mass is 35.5. The van der Waals surface area contributed by atoms with Crippen LogP contribution in [0.1, 0.15) is 10.5 Å². The first kappa shape index (κ1) is 16.9. The average Bonchev–Trinajstić information content (AvgIpc) is 3.08. The third kappa shape index (κ3) is 3.75. The van der Waals surface area contributed by atoms with Crippen LogP contribution < -0.4 is 5.32 Å². The van der Waals surface area contributed by atoms with E-state index in [9.17, 15) is 4.79 Å². The molecular formula is C17H12Cl2N2O2S. The molecule has 0 radical (unpaired) electrons. The fourth-order valence-corrected chi connectivity index (χ4v) is 2.79. The Morgan fingerprint density at radius 1 is 1.17 bits per heavy atom. The molecule has 122 valence electrons. The lowest BCUT2D eigenvalue weighted by atomic mass is 10.2. The minimum atomic E-state index is -0.344. The number of anilines is 1. The van der Waals surface area contributed by atoms with Crippen molar-refractivity contribution in [3.8, 4) is 11.5 Å². The summed E-state index contributed by atoms with van der Waals surface area (Å²) in [6.45, 7) is 0. The summed E-state index contributed by atoms with van der Waals surface area (Å²) < 4.78 is 5.37. The van der Waals surface area contributed by atoms with E-state index < -0.39 is 0 Å². The molecule has 0 unspecified atom stereocenters. The lowest BCUT2D eigenvalue weighted by Crippen LogP contribution is -2.12. The smallest absolute Gasteiger partial charge is 0.277 e. The summed E-state index contributed by atoms with van der Waals surface area (Å²) in [7, 11) is 0. The highest BCUT2D eigenvalue weighted by molar-refractivity contribution is 7.98. The van der Waals surface area contributed by atoms with Gasteiger partial charge in [0.25, 0.3) is 5.91 Å². The molecule has 3 rings (SSSR count). The number of rotatable bonds is 4. The maximum absolute atomic E-state index is 12.3. The fourth-order valence-electron chi connectivity index (χ4n) is 2.04. The Hall–Kier alpha value is -1.95. The summed E-state index contributed by atoms with van der Waals surface area (Å²) in [6, 6.07) is 12.6. The van der Waals surface area contributed by atoms with Crippen molar-refractivity contribution >= 4 is 46.6 Å². The molecule has 4 nitrogen and oxygen atoms in total. The van der Waals surface area contributed by atoms with E-state index in [0.717, 1.165) is 4.90 Å². The minimum Gasteiger partial charge on any atom is -0.444 e. The number of thioether (sulfide) groups is 1. The van der Waals surface area contributed by atoms with Crippen LogP contribution in [0.3, 0.4) is 0 Å². The first-order chi connectivity index (χ1) is 11.6. The molecule has 1 aromatic heterocycles. The number of benzene rings is 2. The molecule has 0 saturated heterocycles. The van der Waals surface area contributed by atoms with Gasteiger partial charge in [-0.05, 0) is 42.7 Å². The topological polar surface area (TPSA) is 55.1 Å². The Balaban J connectivity index is 1.79. The van der Waals surface area contributed by atoms with Crippen LogP contribution in [0.5, 0.6) is 0 Å². The van der Waals surface area contributed by atoms with E-state index in [1.54, 1.807) is 30.0 Å². The van der Waals surface area contributed by atoms with Crippen molar-refractivity contribution in [2.24, 2.45) is 0 Å². The first-order valence-electron chi connectivity index (χ1n) is 6.93. The lowest BCUT2D eigenvalue weighted by molar-refractivity contribution is 0.102. The maximum atomic E-state index is 12.3. The number of hydrogen-bond acceptors (Lipinski definition) is 4. The number of hydrogen-bond donors (Lipinski definition) is 1. The van der Waals surface area contributed by atoms with Gasteiger partial charge in [0.2, 0.25) is 5.89 Å². The molecule has 1 amide bonds. The van der Waals surface area contributed by atoms with Gasteiger partial charge in [-0.1, -0.05) is 29.3 Å². The highest BCUT2D eigenvalue weighted by Crippen LogP contribution is 2.28. The minimum absolute atomic E-state index is 0.186. The number of carbonyl (C=O) groups is 1. The highest BCUT2D eigenvalue weighted by Gasteiger charge is 2.14. The molecule has 0 aliphatic rings. The van der Waals surface area contributed by atoms with E-state index in [0.29, 0.717) is 27.2 Å². The molecule has 7 heteroatoms. The molecule has 0 aliphatic heterocycles. The van der Waals surface area contributed by atoms with Crippen LogP contribution in [-0.2, 0) is 0 Å². The number of nitrogens with one attached hydrogen (secondary N) is 1. The zero-order valence-corrected chi connectivity index (χ0v) is 14.9. The number of nitrogens with zero attached hydrogens (tertiary/aromatic N) is 1. The lowest BCUT2D eigenvalue weighted by Gasteiger charge is -2.04. The Labute approximate surface area is 153 Å². The third-order valence-corrected chi connectivity index (χ3v) is 4.70. The number of amides is 1. The van der Waals surface area contributed by atoms with E-state index in [1.165, 1.54) is 6.26 Å². The second kappa shape index (κ2) is 7.30. The standard InChI is InChI=1S/C17H12Cl2N2O2S/c1-24-12-4-2-3-11(8-12)20-16(22)15-9-23-17(21-15)10-5-6-13(18)14(19)7-10/h2-9H,1H3,(H,20,22). The van der Waals surface area contributed by atoms with Crippen molar-refractivity contribution in [1.29, 1.82) is 0 Å². The van der Waals surface area contributed by atoms with E-state index in [1.807, 2.05) is 30.5 Å². The van der Waals surface area contributed by atoms with E-state index >= 15 is 0 Å². The predicted molar refractivity (Wildman–Crippen MR) is 98.1 cm³/mol. The third-order valence-electron chi connectivity index (χ3n) is 3.23. The van der Waals surface area contributed by atoms with Gasteiger partial charge in [-0.2, -0.15) is 0 Å². The molecule has 2 aromatic carbocycles. The SMILES string of the molecule is CSc1cccc(NC(=O)c2coc(-c3ccc(Cl)c(Cl)c3)n2)c1. The molecule has 1 N–H and O–H groups in total. The van der Waals surface area contributed by atoms with Crippen LogP contribution in [-0.4, -0.2) is 17.1 Å². The predicted octanol–water partition coefficient (Wildman–Crippen LogP) is 5.62. The second-order valence-electron chi connectivity index (χ2n) is 4.85. The summed E-state index contributed by atoms with van der Waals surface area (Å²) in [5.41, 5.74) is 1.53. The summed E-state index contributed by atoms with van der Waals surface area (Å²) in [6.07, 6.45) is 3.29. The van der Waals surface area contributed by atoms with Gasteiger partial charge in [-0.3, -0.25) is 4.79 Å². The van der Waals surface area contributed by atoms with Crippen molar-refractivity contribution in [3.63, 3.8) is 0 Å². The van der Waals surface area contributed by atoms with Crippen LogP contribution in [0.4, 0.5) is 5.69 Å². The van der Waals surface area contributed by atoms with Crippen molar-refractivity contribution in [2.45, 2.75) is 4.90 Å². The van der Waals surface area contributed by atoms with Gasteiger partial charge in [0.05, 0.1) is 10.0 Å². The van der Waals surface area contributed by atoms with Crippen LogP contribution in [0.15, 0.2) is 58.0 Å². The number of aromatic nitrogens is 1. The molecule has 0 fully saturated rings. The molecule has 0 aliphatic carbocycles.